The summed E-state index contributed by atoms with van der Waals surface area (Å²) in [6.07, 6.45) is 0.101. The van der Waals surface area contributed by atoms with Gasteiger partial charge in [-0.2, -0.15) is 0 Å². The number of nitrogens with zero attached hydrogens (tertiary/aromatic N) is 1. The Labute approximate surface area is 238 Å². The van der Waals surface area contributed by atoms with Gasteiger partial charge in [-0.15, -0.1) is 0 Å². The zero-order chi connectivity index (χ0) is 30.3. The summed E-state index contributed by atoms with van der Waals surface area (Å²) in [6.45, 7) is 14.8. The summed E-state index contributed by atoms with van der Waals surface area (Å²) in [6, 6.07) is 11.1. The minimum absolute atomic E-state index is 0.0483. The highest BCUT2D eigenvalue weighted by molar-refractivity contribution is 5.99. The lowest BCUT2D eigenvalue weighted by Gasteiger charge is -2.44. The van der Waals surface area contributed by atoms with Gasteiger partial charge in [0.1, 0.15) is 29.2 Å². The number of para-hydroxylation sites is 1. The van der Waals surface area contributed by atoms with Gasteiger partial charge in [-0.3, -0.25) is 9.59 Å². The summed E-state index contributed by atoms with van der Waals surface area (Å²) >= 11 is 0. The molecular formula is C31H45N3O6. The maximum absolute atomic E-state index is 14.4. The minimum Gasteiger partial charge on any atom is -0.508 e. The first-order valence-corrected chi connectivity index (χ1v) is 13.6. The third kappa shape index (κ3) is 8.89. The molecule has 0 aliphatic heterocycles. The van der Waals surface area contributed by atoms with Gasteiger partial charge < -0.3 is 30.1 Å². The van der Waals surface area contributed by atoms with Crippen LogP contribution in [-0.4, -0.2) is 52.2 Å². The topological polar surface area (TPSA) is 117 Å². The summed E-state index contributed by atoms with van der Waals surface area (Å²) in [5.41, 5.74) is -0.830. The SMILES string of the molecule is CCC(C)(C)N(C(=O)C(CC(C)C)NC(=O)OC(C)(C)C)C(C(=O)Nc1ccc(OC)cc1)c1ccccc1O. The Kier molecular flexibility index (Phi) is 11.0. The van der Waals surface area contributed by atoms with E-state index in [2.05, 4.69) is 10.6 Å². The van der Waals surface area contributed by atoms with Gasteiger partial charge in [-0.25, -0.2) is 4.79 Å². The molecule has 0 bridgehead atoms. The number of ether oxygens (including phenoxy) is 2. The van der Waals surface area contributed by atoms with Crippen molar-refractivity contribution in [1.29, 1.82) is 0 Å². The highest BCUT2D eigenvalue weighted by Gasteiger charge is 2.44. The number of aromatic hydroxyl groups is 1. The van der Waals surface area contributed by atoms with Crippen molar-refractivity contribution in [1.82, 2.24) is 10.2 Å². The molecule has 2 unspecified atom stereocenters. The van der Waals surface area contributed by atoms with Crippen LogP contribution >= 0.6 is 0 Å². The molecule has 0 fully saturated rings. The average molecular weight is 556 g/mol. The molecule has 220 valence electrons. The molecule has 40 heavy (non-hydrogen) atoms. The monoisotopic (exact) mass is 555 g/mol. The van der Waals surface area contributed by atoms with Crippen molar-refractivity contribution >= 4 is 23.6 Å². The fraction of sp³-hybridized carbons (Fsp3) is 0.516. The van der Waals surface area contributed by atoms with Gasteiger partial charge in [0.2, 0.25) is 5.91 Å². The number of alkyl carbamates (subject to hydrolysis) is 1. The van der Waals surface area contributed by atoms with E-state index in [9.17, 15) is 19.5 Å². The first-order valence-electron chi connectivity index (χ1n) is 13.6. The van der Waals surface area contributed by atoms with Crippen LogP contribution in [0.4, 0.5) is 10.5 Å². The molecule has 0 aromatic heterocycles. The van der Waals surface area contributed by atoms with E-state index in [-0.39, 0.29) is 17.2 Å². The molecule has 2 aromatic carbocycles. The van der Waals surface area contributed by atoms with Crippen LogP contribution < -0.4 is 15.4 Å². The van der Waals surface area contributed by atoms with E-state index >= 15 is 0 Å². The first-order chi connectivity index (χ1) is 18.6. The smallest absolute Gasteiger partial charge is 0.408 e. The molecule has 2 rings (SSSR count). The molecule has 0 aliphatic carbocycles. The van der Waals surface area contributed by atoms with Crippen molar-refractivity contribution in [2.45, 2.75) is 91.5 Å². The number of methoxy groups -OCH3 is 1. The second kappa shape index (κ2) is 13.5. The quantitative estimate of drug-likeness (QED) is 0.311. The predicted octanol–water partition coefficient (Wildman–Crippen LogP) is 6.04. The Bertz CT molecular complexity index is 1150. The van der Waals surface area contributed by atoms with Crippen molar-refractivity contribution in [3.8, 4) is 11.5 Å². The van der Waals surface area contributed by atoms with Crippen molar-refractivity contribution < 1.29 is 29.0 Å². The van der Waals surface area contributed by atoms with Crippen LogP contribution in [0.2, 0.25) is 0 Å². The lowest BCUT2D eigenvalue weighted by Crippen LogP contribution is -2.59. The van der Waals surface area contributed by atoms with Crippen LogP contribution in [-0.2, 0) is 14.3 Å². The molecule has 0 aliphatic rings. The van der Waals surface area contributed by atoms with Crippen LogP contribution in [0.25, 0.3) is 0 Å². The van der Waals surface area contributed by atoms with E-state index in [0.717, 1.165) is 0 Å². The van der Waals surface area contributed by atoms with E-state index in [1.54, 1.807) is 70.3 Å². The largest absolute Gasteiger partial charge is 0.508 e. The van der Waals surface area contributed by atoms with E-state index in [0.29, 0.717) is 24.3 Å². The maximum atomic E-state index is 14.4. The number of anilines is 1. The number of nitrogens with one attached hydrogen (secondary N) is 2. The number of carbonyl (C=O) groups is 3. The highest BCUT2D eigenvalue weighted by atomic mass is 16.6. The number of phenolic OH excluding ortho intramolecular Hbond substituents is 1. The van der Waals surface area contributed by atoms with Crippen LogP contribution in [0.5, 0.6) is 11.5 Å². The zero-order valence-electron chi connectivity index (χ0n) is 25.2. The molecule has 3 amide bonds. The van der Waals surface area contributed by atoms with Crippen molar-refractivity contribution in [3.63, 3.8) is 0 Å². The fourth-order valence-electron chi connectivity index (χ4n) is 4.26. The molecular weight excluding hydrogens is 510 g/mol. The normalized spacial score (nSPS) is 13.2. The van der Waals surface area contributed by atoms with Gasteiger partial charge in [-0.1, -0.05) is 39.0 Å². The van der Waals surface area contributed by atoms with Gasteiger partial charge in [-0.05, 0) is 83.7 Å². The van der Waals surface area contributed by atoms with Crippen molar-refractivity contribution in [3.05, 3.63) is 54.1 Å². The Morgan fingerprint density at radius 3 is 2.08 bits per heavy atom. The Hall–Kier alpha value is -3.75. The molecule has 2 aromatic rings. The van der Waals surface area contributed by atoms with Gasteiger partial charge >= 0.3 is 6.09 Å². The molecule has 0 radical (unpaired) electrons. The first kappa shape index (κ1) is 32.5. The van der Waals surface area contributed by atoms with Crippen LogP contribution in [0.15, 0.2) is 48.5 Å². The second-order valence-electron chi connectivity index (χ2n) is 11.9. The number of amides is 3. The molecule has 9 nitrogen and oxygen atoms in total. The molecule has 2 atom stereocenters. The number of benzene rings is 2. The second-order valence-corrected chi connectivity index (χ2v) is 11.9. The van der Waals surface area contributed by atoms with Gasteiger partial charge in [0.05, 0.1) is 7.11 Å². The van der Waals surface area contributed by atoms with E-state index in [1.165, 1.54) is 11.0 Å². The van der Waals surface area contributed by atoms with Crippen LogP contribution in [0.3, 0.4) is 0 Å². The van der Waals surface area contributed by atoms with E-state index in [1.807, 2.05) is 34.6 Å². The van der Waals surface area contributed by atoms with Gasteiger partial charge in [0.15, 0.2) is 0 Å². The Morgan fingerprint density at radius 1 is 0.975 bits per heavy atom. The van der Waals surface area contributed by atoms with E-state index < -0.39 is 41.1 Å². The minimum atomic E-state index is -1.21. The van der Waals surface area contributed by atoms with Gasteiger partial charge in [0, 0.05) is 16.8 Å². The third-order valence-corrected chi connectivity index (χ3v) is 6.55. The molecule has 0 saturated heterocycles. The summed E-state index contributed by atoms with van der Waals surface area (Å²) in [5.74, 6) is -0.412. The fourth-order valence-corrected chi connectivity index (χ4v) is 4.26. The van der Waals surface area contributed by atoms with Crippen molar-refractivity contribution in [2.75, 3.05) is 12.4 Å². The average Bonchev–Trinajstić information content (AvgIpc) is 2.86. The number of hydrogen-bond acceptors (Lipinski definition) is 6. The third-order valence-electron chi connectivity index (χ3n) is 6.55. The predicted molar refractivity (Wildman–Crippen MR) is 156 cm³/mol. The van der Waals surface area contributed by atoms with Crippen molar-refractivity contribution in [2.24, 2.45) is 5.92 Å². The number of carbonyl (C=O) groups excluding carboxylic acids is 3. The molecule has 0 spiro atoms. The molecule has 9 heteroatoms. The maximum Gasteiger partial charge on any atom is 0.408 e. The summed E-state index contributed by atoms with van der Waals surface area (Å²) in [4.78, 5) is 42.7. The summed E-state index contributed by atoms with van der Waals surface area (Å²) in [5, 5.41) is 16.5. The Morgan fingerprint density at radius 2 is 1.57 bits per heavy atom. The molecule has 3 N–H and O–H groups in total. The zero-order valence-corrected chi connectivity index (χ0v) is 25.2. The van der Waals surface area contributed by atoms with Crippen LogP contribution in [0.1, 0.15) is 79.8 Å². The number of hydrogen-bond donors (Lipinski definition) is 3. The summed E-state index contributed by atoms with van der Waals surface area (Å²) < 4.78 is 10.7. The van der Waals surface area contributed by atoms with Crippen LogP contribution in [0, 0.1) is 5.92 Å². The van der Waals surface area contributed by atoms with Gasteiger partial charge in [0.25, 0.3) is 5.91 Å². The molecule has 0 heterocycles. The Balaban J connectivity index is 2.63. The highest BCUT2D eigenvalue weighted by Crippen LogP contribution is 2.37. The number of phenols is 1. The lowest BCUT2D eigenvalue weighted by atomic mass is 9.90. The standard InChI is InChI=1S/C31H45N3O6/c1-10-31(7,8)34(28(37)24(19-20(2)3)33-29(38)40-30(4,5)6)26(23-13-11-12-14-25(23)35)27(36)32-21-15-17-22(39-9)18-16-21/h11-18,20,24,26,35H,10,19H2,1-9H3,(H,32,36)(H,33,38). The number of rotatable bonds is 11. The summed E-state index contributed by atoms with van der Waals surface area (Å²) in [7, 11) is 1.55. The molecule has 0 saturated carbocycles. The lowest BCUT2D eigenvalue weighted by molar-refractivity contribution is -0.148. The van der Waals surface area contributed by atoms with E-state index in [4.69, 9.17) is 9.47 Å².